The summed E-state index contributed by atoms with van der Waals surface area (Å²) in [5, 5.41) is 256. The van der Waals surface area contributed by atoms with Gasteiger partial charge in [0.15, 0.2) is 48.0 Å². The molecule has 0 aromatic carbocycles. The molecule has 0 amide bonds. The molecule has 24 N–H and O–H groups in total. The molecule has 0 radical (unpaired) electrons. The Morgan fingerprint density at radius 3 is 1.17 bits per heavy atom. The van der Waals surface area contributed by atoms with Crippen LogP contribution in [0.3, 0.4) is 0 Å². The number of aliphatic hydroxyl groups is 24. The third-order valence-electron chi connectivity index (χ3n) is 12.1. The van der Waals surface area contributed by atoms with Gasteiger partial charge in [0, 0.05) is 58.2 Å². The summed E-state index contributed by atoms with van der Waals surface area (Å²) in [7, 11) is 0. The van der Waals surface area contributed by atoms with Crippen LogP contribution >= 0.6 is 0 Å². The zero-order valence-corrected chi connectivity index (χ0v) is 40.0. The Kier molecular flexibility index (Phi) is 25.2. The van der Waals surface area contributed by atoms with Crippen LogP contribution in [-0.4, -0.2) is 310 Å². The van der Waals surface area contributed by atoms with Gasteiger partial charge >= 0.3 is 5.95 Å². The fraction of sp³-hybridized carbons (Fsp3) is 0.810. The van der Waals surface area contributed by atoms with Gasteiger partial charge < -0.3 is 170 Å². The molecule has 3 saturated heterocycles. The molecule has 0 saturated carbocycles. The van der Waals surface area contributed by atoms with E-state index in [-0.39, 0.29) is 0 Å². The number of aliphatic hydroxyl groups excluding tert-OH is 23. The standard InChI is InChI=1S/C42H70O34/c43-5-1-15-14(51)9-42(66,13-50)76-35-21(12-49)73-41(32(62)27(35)57)70-18(4-8-46)24(54)36(63)74-33-19(10-47)72-40(31(61)26(33)56)69-17(3-7-45)23(53)28(58)37(64)67-16(2-6-44)22(52)29(59)38(65)75-34-20(11-48)71-39(68-15)30(60)25(34)55/h9,15-21,25-27,30-35,37-41,43-66H,1-8,10-13H2/b14-9+,28-23-,29-22+,36-24-. The predicted octanol–water partition coefficient (Wildman–Crippen LogP) is -8.76. The van der Waals surface area contributed by atoms with Gasteiger partial charge in [-0.2, -0.15) is 0 Å². The van der Waals surface area contributed by atoms with Crippen molar-refractivity contribution in [2.24, 2.45) is 0 Å². The van der Waals surface area contributed by atoms with Gasteiger partial charge in [-0.25, -0.2) is 0 Å². The zero-order chi connectivity index (χ0) is 56.9. The van der Waals surface area contributed by atoms with Crippen LogP contribution in [0, 0.1) is 0 Å². The minimum Gasteiger partial charge on any atom is -0.510 e. The topological polar surface area (TPSA) is 578 Å². The van der Waals surface area contributed by atoms with Crippen LogP contribution in [0.4, 0.5) is 0 Å². The molecular weight excluding hydrogens is 1050 g/mol. The van der Waals surface area contributed by atoms with Crippen molar-refractivity contribution >= 4 is 0 Å². The highest BCUT2D eigenvalue weighted by Gasteiger charge is 2.52. The zero-order valence-electron chi connectivity index (χ0n) is 40.0. The fourth-order valence-electron chi connectivity index (χ4n) is 8.02. The first-order chi connectivity index (χ1) is 35.9. The number of hydrogen-bond acceptors (Lipinski definition) is 34. The van der Waals surface area contributed by atoms with E-state index in [0.717, 1.165) is 0 Å². The summed E-state index contributed by atoms with van der Waals surface area (Å²) < 4.78 is 54.0. The molecule has 34 nitrogen and oxygen atoms in total. The minimum absolute atomic E-state index is 0.334. The fourth-order valence-corrected chi connectivity index (χ4v) is 8.02. The molecule has 0 aromatic rings. The Balaban J connectivity index is 1.81. The van der Waals surface area contributed by atoms with Crippen molar-refractivity contribution < 1.29 is 170 Å². The Morgan fingerprint density at radius 2 is 0.737 bits per heavy atom. The highest BCUT2D eigenvalue weighted by Crippen LogP contribution is 2.34. The Labute approximate surface area is 429 Å². The first-order valence-electron chi connectivity index (χ1n) is 23.3. The normalized spacial score (nSPS) is 45.2. The molecule has 76 heavy (non-hydrogen) atoms. The van der Waals surface area contributed by atoms with E-state index >= 15 is 0 Å². The summed E-state index contributed by atoms with van der Waals surface area (Å²) in [6, 6.07) is 0. The first kappa shape index (κ1) is 64.8. The molecular formula is C42H70O34. The van der Waals surface area contributed by atoms with Crippen LogP contribution in [0.25, 0.3) is 0 Å². The molecule has 0 aromatic heterocycles. The molecule has 22 unspecified atom stereocenters. The van der Waals surface area contributed by atoms with E-state index in [9.17, 15) is 123 Å². The molecule has 0 aliphatic carbocycles. The number of fused-ring (bicyclic) bond motifs is 1. The number of rotatable bonds is 12. The number of ether oxygens (including phenoxy) is 10. The van der Waals surface area contributed by atoms with Gasteiger partial charge in [0.25, 0.3) is 0 Å². The third kappa shape index (κ3) is 15.6. The Bertz CT molecular complexity index is 1900. The van der Waals surface area contributed by atoms with E-state index in [1.165, 1.54) is 0 Å². The van der Waals surface area contributed by atoms with E-state index in [1.807, 2.05) is 0 Å². The second-order valence-electron chi connectivity index (χ2n) is 17.4. The van der Waals surface area contributed by atoms with Gasteiger partial charge in [-0.3, -0.25) is 0 Å². The maximum absolute atomic E-state index is 11.3. The molecule has 8 aliphatic rings. The van der Waals surface area contributed by atoms with Crippen LogP contribution in [-0.2, 0) is 47.4 Å². The van der Waals surface area contributed by atoms with Crippen molar-refractivity contribution in [1.82, 2.24) is 0 Å². The van der Waals surface area contributed by atoms with Crippen molar-refractivity contribution in [2.45, 2.75) is 161 Å². The summed E-state index contributed by atoms with van der Waals surface area (Å²) in [4.78, 5) is 0. The van der Waals surface area contributed by atoms with Gasteiger partial charge in [0.1, 0.15) is 104 Å². The van der Waals surface area contributed by atoms with Crippen molar-refractivity contribution in [1.29, 1.82) is 0 Å². The van der Waals surface area contributed by atoms with Gasteiger partial charge in [0.05, 0.1) is 19.8 Å². The highest BCUT2D eigenvalue weighted by atomic mass is 16.8. The van der Waals surface area contributed by atoms with Gasteiger partial charge in [-0.05, 0) is 0 Å². The lowest BCUT2D eigenvalue weighted by Gasteiger charge is -2.44. The van der Waals surface area contributed by atoms with Gasteiger partial charge in [-0.1, -0.05) is 0 Å². The molecule has 22 atom stereocenters. The SMILES string of the molecule is OCCC1OC2OC(CO)C(OC(O)(CO)/C=C(/O)C(CCO)OC3OC(CO)C(OC(O)/C(O)=C(\O)C(CCO)OC(O)/C(O)=C(/O)C(CCO)OC4OC(CO)C(O/C(O)=C/1O)C(O)C4O)C(O)C3O)C(O)C2O. The van der Waals surface area contributed by atoms with Crippen molar-refractivity contribution in [3.63, 3.8) is 0 Å². The molecule has 0 spiro atoms. The summed E-state index contributed by atoms with van der Waals surface area (Å²) >= 11 is 0. The molecule has 8 aliphatic heterocycles. The largest absolute Gasteiger partial charge is 0.510 e. The molecule has 8 rings (SSSR count). The van der Waals surface area contributed by atoms with Gasteiger partial charge in [0.2, 0.25) is 24.1 Å². The maximum atomic E-state index is 11.3. The van der Waals surface area contributed by atoms with Gasteiger partial charge in [-0.15, -0.1) is 0 Å². The third-order valence-corrected chi connectivity index (χ3v) is 12.1. The summed E-state index contributed by atoms with van der Waals surface area (Å²) in [5.74, 6) is -13.3. The number of hydrogen-bond donors (Lipinski definition) is 24. The Hall–Kier alpha value is -3.68. The van der Waals surface area contributed by atoms with E-state index in [2.05, 4.69) is 0 Å². The van der Waals surface area contributed by atoms with Crippen molar-refractivity contribution in [3.8, 4) is 0 Å². The van der Waals surface area contributed by atoms with Crippen molar-refractivity contribution in [2.75, 3.05) is 52.9 Å². The molecule has 442 valence electrons. The molecule has 34 heteroatoms. The van der Waals surface area contributed by atoms with E-state index in [1.54, 1.807) is 0 Å². The lowest BCUT2D eigenvalue weighted by Crippen LogP contribution is -2.62. The highest BCUT2D eigenvalue weighted by molar-refractivity contribution is 5.12. The maximum Gasteiger partial charge on any atom is 0.319 e. The van der Waals surface area contributed by atoms with Crippen LogP contribution in [0.15, 0.2) is 46.6 Å². The van der Waals surface area contributed by atoms with Crippen LogP contribution in [0.1, 0.15) is 25.7 Å². The quantitative estimate of drug-likeness (QED) is 0.0863. The predicted molar refractivity (Wildman–Crippen MR) is 236 cm³/mol. The van der Waals surface area contributed by atoms with Crippen molar-refractivity contribution in [3.05, 3.63) is 46.6 Å². The second-order valence-corrected chi connectivity index (χ2v) is 17.4. The van der Waals surface area contributed by atoms with E-state index in [4.69, 9.17) is 47.4 Å². The lowest BCUT2D eigenvalue weighted by molar-refractivity contribution is -0.345. The lowest BCUT2D eigenvalue weighted by atomic mass is 9.98. The summed E-state index contributed by atoms with van der Waals surface area (Å²) in [5.41, 5.74) is 0. The van der Waals surface area contributed by atoms with E-state index in [0.29, 0.717) is 6.08 Å². The molecule has 6 bridgehead atoms. The summed E-state index contributed by atoms with van der Waals surface area (Å²) in [6.45, 7) is -8.51. The average Bonchev–Trinajstić information content (AvgIpc) is 3.40. The Morgan fingerprint density at radius 1 is 0.382 bits per heavy atom. The summed E-state index contributed by atoms with van der Waals surface area (Å²) in [6.07, 6.45) is -48.3. The van der Waals surface area contributed by atoms with Crippen LogP contribution < -0.4 is 0 Å². The van der Waals surface area contributed by atoms with E-state index < -0.39 is 254 Å². The first-order valence-corrected chi connectivity index (χ1v) is 23.3. The molecule has 8 heterocycles. The minimum atomic E-state index is -3.15. The van der Waals surface area contributed by atoms with Crippen LogP contribution in [0.2, 0.25) is 0 Å². The second kappa shape index (κ2) is 29.5. The monoisotopic (exact) mass is 1120 g/mol. The smallest absolute Gasteiger partial charge is 0.319 e. The van der Waals surface area contributed by atoms with Crippen LogP contribution in [0.5, 0.6) is 0 Å². The average molecular weight is 1120 g/mol. The molecule has 3 fully saturated rings.